The second-order valence-corrected chi connectivity index (χ2v) is 6.33. The molecule has 1 aromatic rings. The Kier molecular flexibility index (Phi) is 4.28. The van der Waals surface area contributed by atoms with Crippen molar-refractivity contribution in [1.82, 2.24) is 4.72 Å². The summed E-state index contributed by atoms with van der Waals surface area (Å²) in [7, 11) is -2.14. The van der Waals surface area contributed by atoms with Gasteiger partial charge in [0, 0.05) is 18.8 Å². The summed E-state index contributed by atoms with van der Waals surface area (Å²) in [6.45, 7) is 1.52. The average Bonchev–Trinajstić information content (AvgIpc) is 2.89. The van der Waals surface area contributed by atoms with E-state index in [9.17, 15) is 8.42 Å². The fourth-order valence-electron chi connectivity index (χ4n) is 2.05. The number of hydrogen-bond acceptors (Lipinski definition) is 5. The minimum atomic E-state index is -3.50. The highest BCUT2D eigenvalue weighted by Gasteiger charge is 2.17. The Balaban J connectivity index is 2.06. The maximum Gasteiger partial charge on any atom is 0.242 e. The van der Waals surface area contributed by atoms with Gasteiger partial charge in [-0.1, -0.05) is 0 Å². The number of nitrogen functional groups attached to an aromatic ring is 1. The Morgan fingerprint density at radius 3 is 2.84 bits per heavy atom. The number of hydrogen-bond donors (Lipinski definition) is 3. The minimum absolute atomic E-state index is 0.0951. The van der Waals surface area contributed by atoms with Crippen LogP contribution in [0.15, 0.2) is 23.1 Å². The molecule has 0 bridgehead atoms. The first-order valence-corrected chi connectivity index (χ1v) is 7.70. The molecule has 0 spiro atoms. The van der Waals surface area contributed by atoms with Crippen molar-refractivity contribution in [1.29, 1.82) is 0 Å². The lowest BCUT2D eigenvalue weighted by Gasteiger charge is -2.13. The van der Waals surface area contributed by atoms with Gasteiger partial charge in [0.05, 0.1) is 11.8 Å². The van der Waals surface area contributed by atoms with Gasteiger partial charge in [0.2, 0.25) is 10.0 Å². The first kappa shape index (κ1) is 14.1. The normalized spacial score (nSPS) is 19.5. The number of rotatable bonds is 5. The van der Waals surface area contributed by atoms with E-state index in [0.29, 0.717) is 6.54 Å². The topological polar surface area (TPSA) is 93.5 Å². The number of ether oxygens (including phenoxy) is 1. The number of anilines is 2. The lowest BCUT2D eigenvalue weighted by atomic mass is 10.2. The van der Waals surface area contributed by atoms with Crippen LogP contribution in [0, 0.1) is 0 Å². The lowest BCUT2D eigenvalue weighted by molar-refractivity contribution is 0.120. The summed E-state index contributed by atoms with van der Waals surface area (Å²) in [4.78, 5) is 0.0951. The van der Waals surface area contributed by atoms with Crippen molar-refractivity contribution in [2.45, 2.75) is 23.8 Å². The lowest BCUT2D eigenvalue weighted by Crippen LogP contribution is -2.21. The summed E-state index contributed by atoms with van der Waals surface area (Å²) in [6, 6.07) is 4.83. The summed E-state index contributed by atoms with van der Waals surface area (Å²) in [5, 5.41) is 3.20. The third-order valence-electron chi connectivity index (χ3n) is 3.13. The van der Waals surface area contributed by atoms with E-state index >= 15 is 0 Å². The first-order chi connectivity index (χ1) is 9.03. The van der Waals surface area contributed by atoms with Gasteiger partial charge in [-0.25, -0.2) is 13.1 Å². The molecule has 2 rings (SSSR count). The monoisotopic (exact) mass is 285 g/mol. The molecule has 0 radical (unpaired) electrons. The third-order valence-corrected chi connectivity index (χ3v) is 4.61. The highest BCUT2D eigenvalue weighted by atomic mass is 32.2. The van der Waals surface area contributed by atoms with E-state index in [4.69, 9.17) is 10.5 Å². The van der Waals surface area contributed by atoms with Crippen LogP contribution in [-0.2, 0) is 14.8 Å². The van der Waals surface area contributed by atoms with Gasteiger partial charge in [-0.3, -0.25) is 0 Å². The smallest absolute Gasteiger partial charge is 0.242 e. The molecule has 106 valence electrons. The van der Waals surface area contributed by atoms with Gasteiger partial charge in [0.15, 0.2) is 0 Å². The zero-order valence-corrected chi connectivity index (χ0v) is 11.7. The molecular weight excluding hydrogens is 266 g/mol. The Hall–Kier alpha value is -1.31. The first-order valence-electron chi connectivity index (χ1n) is 6.21. The quantitative estimate of drug-likeness (QED) is 0.695. The van der Waals surface area contributed by atoms with E-state index in [0.717, 1.165) is 25.1 Å². The van der Waals surface area contributed by atoms with E-state index in [2.05, 4.69) is 10.0 Å². The molecule has 4 N–H and O–H groups in total. The van der Waals surface area contributed by atoms with E-state index < -0.39 is 10.0 Å². The molecule has 1 fully saturated rings. The highest BCUT2D eigenvalue weighted by Crippen LogP contribution is 2.22. The standard InChI is InChI=1S/C12H19N3O3S/c1-14-19(16,17)12-5-4-9(7-11(12)13)15-8-10-3-2-6-18-10/h4-5,7,10,14-15H,2-3,6,8,13H2,1H3. The van der Waals surface area contributed by atoms with E-state index in [1.165, 1.54) is 13.1 Å². The molecule has 19 heavy (non-hydrogen) atoms. The molecule has 1 aliphatic heterocycles. The van der Waals surface area contributed by atoms with Gasteiger partial charge >= 0.3 is 0 Å². The molecule has 0 aliphatic carbocycles. The molecule has 1 atom stereocenters. The van der Waals surface area contributed by atoms with Gasteiger partial charge in [0.1, 0.15) is 4.90 Å². The number of benzene rings is 1. The molecular formula is C12H19N3O3S. The average molecular weight is 285 g/mol. The van der Waals surface area contributed by atoms with Crippen molar-refractivity contribution in [3.05, 3.63) is 18.2 Å². The molecule has 1 aliphatic rings. The third kappa shape index (κ3) is 3.37. The van der Waals surface area contributed by atoms with Crippen LogP contribution in [0.5, 0.6) is 0 Å². The summed E-state index contributed by atoms with van der Waals surface area (Å²) >= 11 is 0. The van der Waals surface area contributed by atoms with Crippen molar-refractivity contribution >= 4 is 21.4 Å². The minimum Gasteiger partial charge on any atom is -0.398 e. The van der Waals surface area contributed by atoms with E-state index in [1.807, 2.05) is 0 Å². The van der Waals surface area contributed by atoms with Crippen molar-refractivity contribution in [2.75, 3.05) is 31.2 Å². The second-order valence-electron chi connectivity index (χ2n) is 4.48. The molecule has 0 aromatic heterocycles. The van der Waals surface area contributed by atoms with Crippen molar-refractivity contribution in [3.8, 4) is 0 Å². The zero-order chi connectivity index (χ0) is 13.9. The van der Waals surface area contributed by atoms with Crippen molar-refractivity contribution in [3.63, 3.8) is 0 Å². The number of nitrogens with two attached hydrogens (primary N) is 1. The maximum atomic E-state index is 11.7. The predicted molar refractivity (Wildman–Crippen MR) is 74.6 cm³/mol. The second kappa shape index (κ2) is 5.77. The van der Waals surface area contributed by atoms with Crippen LogP contribution >= 0.6 is 0 Å². The van der Waals surface area contributed by atoms with Crippen LogP contribution < -0.4 is 15.8 Å². The number of nitrogens with one attached hydrogen (secondary N) is 2. The van der Waals surface area contributed by atoms with Crippen LogP contribution in [0.1, 0.15) is 12.8 Å². The molecule has 1 heterocycles. The van der Waals surface area contributed by atoms with Crippen molar-refractivity contribution < 1.29 is 13.2 Å². The largest absolute Gasteiger partial charge is 0.398 e. The molecule has 1 unspecified atom stereocenters. The van der Waals surface area contributed by atoms with Crippen molar-refractivity contribution in [2.24, 2.45) is 0 Å². The predicted octanol–water partition coefficient (Wildman–Crippen LogP) is 0.768. The molecule has 1 aromatic carbocycles. The van der Waals surface area contributed by atoms with Gasteiger partial charge in [-0.05, 0) is 38.1 Å². The molecule has 7 heteroatoms. The summed E-state index contributed by atoms with van der Waals surface area (Å²) in [5.41, 5.74) is 6.80. The molecule has 0 amide bonds. The van der Waals surface area contributed by atoms with Crippen LogP contribution in [0.3, 0.4) is 0 Å². The number of sulfonamides is 1. The SMILES string of the molecule is CNS(=O)(=O)c1ccc(NCC2CCCO2)cc1N. The van der Waals surface area contributed by atoms with Gasteiger partial charge in [0.25, 0.3) is 0 Å². The van der Waals surface area contributed by atoms with E-state index in [1.54, 1.807) is 12.1 Å². The Morgan fingerprint density at radius 1 is 1.47 bits per heavy atom. The summed E-state index contributed by atoms with van der Waals surface area (Å²) in [6.07, 6.45) is 2.37. The Bertz CT molecular complexity index is 539. The van der Waals surface area contributed by atoms with Crippen LogP contribution in [0.2, 0.25) is 0 Å². The summed E-state index contributed by atoms with van der Waals surface area (Å²) < 4.78 is 31.1. The fraction of sp³-hybridized carbons (Fsp3) is 0.500. The van der Waals surface area contributed by atoms with Crippen LogP contribution in [0.4, 0.5) is 11.4 Å². The maximum absolute atomic E-state index is 11.7. The zero-order valence-electron chi connectivity index (χ0n) is 10.8. The molecule has 6 nitrogen and oxygen atoms in total. The van der Waals surface area contributed by atoms with Crippen LogP contribution in [0.25, 0.3) is 0 Å². The molecule has 1 saturated heterocycles. The van der Waals surface area contributed by atoms with Gasteiger partial charge < -0.3 is 15.8 Å². The van der Waals surface area contributed by atoms with Gasteiger partial charge in [-0.2, -0.15) is 0 Å². The molecule has 0 saturated carbocycles. The Labute approximate surface area is 113 Å². The summed E-state index contributed by atoms with van der Waals surface area (Å²) in [5.74, 6) is 0. The van der Waals surface area contributed by atoms with E-state index in [-0.39, 0.29) is 16.7 Å². The van der Waals surface area contributed by atoms with Gasteiger partial charge in [-0.15, -0.1) is 0 Å². The highest BCUT2D eigenvalue weighted by molar-refractivity contribution is 7.89. The van der Waals surface area contributed by atoms with Crippen LogP contribution in [-0.4, -0.2) is 34.7 Å². The fourth-order valence-corrected chi connectivity index (χ4v) is 2.89. The Morgan fingerprint density at radius 2 is 2.26 bits per heavy atom.